The van der Waals surface area contributed by atoms with Gasteiger partial charge in [0.25, 0.3) is 0 Å². The highest BCUT2D eigenvalue weighted by Crippen LogP contribution is 2.26. The van der Waals surface area contributed by atoms with E-state index < -0.39 is 6.04 Å². The molecule has 36 heavy (non-hydrogen) atoms. The number of hydrogen-bond acceptors (Lipinski definition) is 7. The van der Waals surface area contributed by atoms with Gasteiger partial charge in [0.05, 0.1) is 0 Å². The molecular weight excluding hydrogens is 460 g/mol. The van der Waals surface area contributed by atoms with E-state index in [1.165, 1.54) is 21.8 Å². The summed E-state index contributed by atoms with van der Waals surface area (Å²) in [6, 6.07) is 13.1. The third-order valence-electron chi connectivity index (χ3n) is 6.39. The Labute approximate surface area is 209 Å². The average molecular weight is 493 g/mol. The van der Waals surface area contributed by atoms with E-state index in [9.17, 15) is 19.8 Å². The molecule has 10 heteroatoms. The van der Waals surface area contributed by atoms with Crippen LogP contribution < -0.4 is 5.32 Å². The molecule has 0 spiro atoms. The number of aromatic hydroxyl groups is 1. The second-order valence-corrected chi connectivity index (χ2v) is 9.16. The highest BCUT2D eigenvalue weighted by atomic mass is 16.3. The third-order valence-corrected chi connectivity index (χ3v) is 6.39. The van der Waals surface area contributed by atoms with E-state index in [4.69, 9.17) is 0 Å². The van der Waals surface area contributed by atoms with Crippen molar-refractivity contribution in [3.8, 4) is 17.1 Å². The van der Waals surface area contributed by atoms with Crippen LogP contribution in [0.5, 0.6) is 5.75 Å². The fraction of sp³-hybridized carbons (Fsp3) is 0.423. The lowest BCUT2D eigenvalue weighted by Crippen LogP contribution is -2.47. The summed E-state index contributed by atoms with van der Waals surface area (Å²) in [5.74, 6) is -0.196. The number of rotatable bonds is 10. The molecule has 4 rings (SSSR count). The molecular formula is C26H32N6O4. The molecule has 1 fully saturated rings. The highest BCUT2D eigenvalue weighted by molar-refractivity contribution is 5.89. The lowest BCUT2D eigenvalue weighted by molar-refractivity contribution is -0.142. The maximum Gasteiger partial charge on any atom is 0.247 e. The Balaban J connectivity index is 1.58. The van der Waals surface area contributed by atoms with Crippen molar-refractivity contribution in [2.75, 3.05) is 13.2 Å². The third kappa shape index (κ3) is 6.25. The molecule has 1 saturated carbocycles. The summed E-state index contributed by atoms with van der Waals surface area (Å²) in [6.45, 7) is 1.81. The lowest BCUT2D eigenvalue weighted by atomic mass is 10.0. The first kappa shape index (κ1) is 25.3. The van der Waals surface area contributed by atoms with E-state index in [0.29, 0.717) is 17.8 Å². The Kier molecular flexibility index (Phi) is 8.27. The zero-order valence-corrected chi connectivity index (χ0v) is 20.4. The van der Waals surface area contributed by atoms with Gasteiger partial charge in [-0.2, -0.15) is 4.80 Å². The number of nitrogens with one attached hydrogen (secondary N) is 1. The predicted molar refractivity (Wildman–Crippen MR) is 133 cm³/mol. The molecule has 1 aromatic heterocycles. The topological polar surface area (TPSA) is 133 Å². The number of phenols is 1. The van der Waals surface area contributed by atoms with Gasteiger partial charge in [-0.15, -0.1) is 10.2 Å². The van der Waals surface area contributed by atoms with Crippen LogP contribution in [-0.4, -0.2) is 66.3 Å². The number of carbonyl (C=O) groups excluding carboxylic acids is 2. The number of amides is 2. The molecule has 10 nitrogen and oxygen atoms in total. The zero-order valence-electron chi connectivity index (χ0n) is 20.4. The van der Waals surface area contributed by atoms with Crippen LogP contribution in [0.3, 0.4) is 0 Å². The quantitative estimate of drug-likeness (QED) is 0.396. The molecule has 1 heterocycles. The Bertz CT molecular complexity index is 1160. The molecule has 3 N–H and O–H groups in total. The molecule has 0 bridgehead atoms. The molecule has 2 aromatic carbocycles. The smallest absolute Gasteiger partial charge is 0.247 e. The Hall–Kier alpha value is -3.79. The van der Waals surface area contributed by atoms with Crippen molar-refractivity contribution >= 4 is 11.8 Å². The van der Waals surface area contributed by atoms with Crippen LogP contribution in [0.15, 0.2) is 48.5 Å². The predicted octanol–water partition coefficient (Wildman–Crippen LogP) is 2.37. The summed E-state index contributed by atoms with van der Waals surface area (Å²) in [5.41, 5.74) is 2.47. The number of nitrogens with zero attached hydrogens (tertiary/aromatic N) is 5. The summed E-state index contributed by atoms with van der Waals surface area (Å²) in [6.07, 6.45) is 4.23. The Morgan fingerprint density at radius 3 is 2.47 bits per heavy atom. The first-order chi connectivity index (χ1) is 17.4. The average Bonchev–Trinajstić information content (AvgIpc) is 3.55. The van der Waals surface area contributed by atoms with Crippen LogP contribution in [0, 0.1) is 6.92 Å². The van der Waals surface area contributed by atoms with E-state index in [1.807, 2.05) is 31.2 Å². The molecule has 190 valence electrons. The molecule has 0 aliphatic heterocycles. The van der Waals surface area contributed by atoms with Crippen molar-refractivity contribution in [3.63, 3.8) is 0 Å². The number of benzene rings is 2. The maximum atomic E-state index is 13.5. The second kappa shape index (κ2) is 11.8. The van der Waals surface area contributed by atoms with E-state index in [-0.39, 0.29) is 43.3 Å². The Morgan fingerprint density at radius 1 is 1.11 bits per heavy atom. The first-order valence-electron chi connectivity index (χ1n) is 12.3. The Morgan fingerprint density at radius 2 is 1.81 bits per heavy atom. The number of aliphatic hydroxyl groups excluding tert-OH is 1. The molecule has 1 atom stereocenters. The van der Waals surface area contributed by atoms with Gasteiger partial charge in [-0.25, -0.2) is 0 Å². The minimum Gasteiger partial charge on any atom is -0.508 e. The zero-order chi connectivity index (χ0) is 25.5. The fourth-order valence-electron chi connectivity index (χ4n) is 4.46. The second-order valence-electron chi connectivity index (χ2n) is 9.16. The van der Waals surface area contributed by atoms with Gasteiger partial charge in [-0.05, 0) is 49.1 Å². The first-order valence-corrected chi connectivity index (χ1v) is 12.3. The number of aliphatic hydroxyl groups is 1. The van der Waals surface area contributed by atoms with E-state index in [0.717, 1.165) is 36.8 Å². The van der Waals surface area contributed by atoms with Gasteiger partial charge in [-0.3, -0.25) is 9.59 Å². The molecule has 1 aliphatic rings. The van der Waals surface area contributed by atoms with Crippen LogP contribution in [0.2, 0.25) is 0 Å². The minimum atomic E-state index is -0.926. The number of phenolic OH excluding ortho intramolecular Hbond substituents is 1. The van der Waals surface area contributed by atoms with Gasteiger partial charge in [0.2, 0.25) is 17.6 Å². The molecule has 1 aliphatic carbocycles. The number of carbonyl (C=O) groups is 2. The summed E-state index contributed by atoms with van der Waals surface area (Å²) < 4.78 is 0. The molecule has 1 unspecified atom stereocenters. The summed E-state index contributed by atoms with van der Waals surface area (Å²) in [4.78, 5) is 29.7. The van der Waals surface area contributed by atoms with Crippen LogP contribution in [-0.2, 0) is 16.1 Å². The van der Waals surface area contributed by atoms with Crippen molar-refractivity contribution in [3.05, 3.63) is 59.7 Å². The van der Waals surface area contributed by atoms with Gasteiger partial charge in [0.1, 0.15) is 18.3 Å². The number of aryl methyl sites for hydroxylation is 1. The van der Waals surface area contributed by atoms with Gasteiger partial charge in [-0.1, -0.05) is 54.8 Å². The fourth-order valence-corrected chi connectivity index (χ4v) is 4.46. The van der Waals surface area contributed by atoms with Gasteiger partial charge in [0.15, 0.2) is 0 Å². The van der Waals surface area contributed by atoms with E-state index >= 15 is 0 Å². The van der Waals surface area contributed by atoms with Crippen molar-refractivity contribution in [2.45, 2.75) is 57.7 Å². The van der Waals surface area contributed by atoms with Gasteiger partial charge in [0, 0.05) is 24.8 Å². The summed E-state index contributed by atoms with van der Waals surface area (Å²) in [7, 11) is 0. The molecule has 2 amide bonds. The van der Waals surface area contributed by atoms with E-state index in [1.54, 1.807) is 12.1 Å². The number of aromatic nitrogens is 4. The van der Waals surface area contributed by atoms with Crippen molar-refractivity contribution < 1.29 is 19.8 Å². The van der Waals surface area contributed by atoms with Crippen molar-refractivity contribution in [1.82, 2.24) is 30.4 Å². The highest BCUT2D eigenvalue weighted by Gasteiger charge is 2.33. The van der Waals surface area contributed by atoms with Crippen LogP contribution in [0.1, 0.15) is 49.3 Å². The van der Waals surface area contributed by atoms with Crippen molar-refractivity contribution in [1.29, 1.82) is 0 Å². The number of tetrazole rings is 1. The maximum absolute atomic E-state index is 13.5. The van der Waals surface area contributed by atoms with Crippen LogP contribution in [0.25, 0.3) is 11.4 Å². The van der Waals surface area contributed by atoms with Crippen LogP contribution in [0.4, 0.5) is 0 Å². The molecule has 0 saturated heterocycles. The summed E-state index contributed by atoms with van der Waals surface area (Å²) in [5, 5.41) is 34.8. The minimum absolute atomic E-state index is 0.0670. The van der Waals surface area contributed by atoms with Gasteiger partial charge >= 0.3 is 0 Å². The lowest BCUT2D eigenvalue weighted by Gasteiger charge is -2.32. The monoisotopic (exact) mass is 492 g/mol. The standard InChI is InChI=1S/C26H32N6O4/c1-18-7-9-20(10-8-18)25-28-30-32(29-25)17-23(35)31(15-4-16-33)24(19-11-13-22(34)14-12-19)26(36)27-21-5-2-3-6-21/h7-14,21,24,33-34H,2-6,15-17H2,1H3,(H,27,36). The summed E-state index contributed by atoms with van der Waals surface area (Å²) >= 11 is 0. The largest absolute Gasteiger partial charge is 0.508 e. The molecule has 3 aromatic rings. The van der Waals surface area contributed by atoms with Crippen molar-refractivity contribution in [2.24, 2.45) is 0 Å². The van der Waals surface area contributed by atoms with Gasteiger partial charge < -0.3 is 20.4 Å². The van der Waals surface area contributed by atoms with E-state index in [2.05, 4.69) is 20.7 Å². The van der Waals surface area contributed by atoms with Crippen LogP contribution >= 0.6 is 0 Å². The number of hydrogen-bond donors (Lipinski definition) is 3. The molecule has 0 radical (unpaired) electrons. The SMILES string of the molecule is Cc1ccc(-c2nnn(CC(=O)N(CCCO)C(C(=O)NC3CCCC3)c3ccc(O)cc3)n2)cc1. The normalized spacial score (nSPS) is 14.5.